The Bertz CT molecular complexity index is 312. The lowest BCUT2D eigenvalue weighted by Crippen LogP contribution is -2.03. The zero-order chi connectivity index (χ0) is 8.97. The summed E-state index contributed by atoms with van der Waals surface area (Å²) in [6.45, 7) is 2.78. The highest BCUT2D eigenvalue weighted by Crippen LogP contribution is 2.20. The van der Waals surface area contributed by atoms with Crippen molar-refractivity contribution in [2.45, 2.75) is 6.92 Å². The number of anilines is 2. The lowest BCUT2D eigenvalue weighted by Gasteiger charge is -2.07. The van der Waals surface area contributed by atoms with Crippen LogP contribution >= 0.6 is 0 Å². The van der Waals surface area contributed by atoms with E-state index in [9.17, 15) is 0 Å². The van der Waals surface area contributed by atoms with Crippen molar-refractivity contribution >= 4 is 11.4 Å². The third kappa shape index (κ3) is 1.48. The summed E-state index contributed by atoms with van der Waals surface area (Å²) in [4.78, 5) is 3.89. The van der Waals surface area contributed by atoms with Crippen LogP contribution in [0.3, 0.4) is 0 Å². The highest BCUT2D eigenvalue weighted by atomic mass is 14.9. The summed E-state index contributed by atoms with van der Waals surface area (Å²) in [5.41, 5.74) is 7.76. The van der Waals surface area contributed by atoms with Crippen LogP contribution in [0, 0.1) is 12.3 Å². The number of aromatic nitrogens is 1. The number of pyridine rings is 1. The summed E-state index contributed by atoms with van der Waals surface area (Å²) in [6, 6.07) is 0. The number of nitrogens with zero attached hydrogens (tertiary/aromatic N) is 1. The highest BCUT2D eigenvalue weighted by Gasteiger charge is 2.02. The van der Waals surface area contributed by atoms with Gasteiger partial charge in [0, 0.05) is 12.7 Å². The Morgan fingerprint density at radius 2 is 2.42 bits per heavy atom. The number of nitrogens with two attached hydrogens (primary N) is 1. The second-order valence-electron chi connectivity index (χ2n) is 2.33. The Morgan fingerprint density at radius 1 is 1.67 bits per heavy atom. The lowest BCUT2D eigenvalue weighted by molar-refractivity contribution is 1.20. The van der Waals surface area contributed by atoms with E-state index in [-0.39, 0.29) is 0 Å². The quantitative estimate of drug-likeness (QED) is 0.638. The second kappa shape index (κ2) is 3.63. The van der Waals surface area contributed by atoms with E-state index in [1.807, 2.05) is 6.92 Å². The molecule has 62 valence electrons. The van der Waals surface area contributed by atoms with Crippen LogP contribution in [0.25, 0.3) is 0 Å². The number of terminal acetylenes is 1. The Hall–Kier alpha value is -1.69. The fraction of sp³-hybridized carbons (Fsp3) is 0.222. The third-order valence-electron chi connectivity index (χ3n) is 1.48. The third-order valence-corrected chi connectivity index (χ3v) is 1.48. The molecule has 3 nitrogen and oxygen atoms in total. The Balaban J connectivity index is 3.13. The van der Waals surface area contributed by atoms with Gasteiger partial charge in [0.1, 0.15) is 0 Å². The molecule has 0 saturated heterocycles. The summed E-state index contributed by atoms with van der Waals surface area (Å²) < 4.78 is 0. The largest absolute Gasteiger partial charge is 0.396 e. The van der Waals surface area contributed by atoms with Crippen molar-refractivity contribution in [2.75, 3.05) is 17.6 Å². The molecule has 0 unspecified atom stereocenters. The van der Waals surface area contributed by atoms with Crippen molar-refractivity contribution in [1.29, 1.82) is 0 Å². The zero-order valence-corrected chi connectivity index (χ0v) is 6.96. The molecule has 0 spiro atoms. The van der Waals surface area contributed by atoms with Crippen LogP contribution in [-0.2, 0) is 0 Å². The molecule has 0 aliphatic rings. The van der Waals surface area contributed by atoms with Gasteiger partial charge in [-0.15, -0.1) is 6.42 Å². The molecule has 0 fully saturated rings. The van der Waals surface area contributed by atoms with Gasteiger partial charge in [0.2, 0.25) is 0 Å². The first kappa shape index (κ1) is 8.41. The minimum absolute atomic E-state index is 0.590. The van der Waals surface area contributed by atoms with Crippen molar-refractivity contribution in [3.05, 3.63) is 18.0 Å². The smallest absolute Gasteiger partial charge is 0.0764 e. The fourth-order valence-electron chi connectivity index (χ4n) is 0.960. The monoisotopic (exact) mass is 161 g/mol. The molecule has 0 aliphatic heterocycles. The van der Waals surface area contributed by atoms with E-state index in [0.717, 1.165) is 12.2 Å². The van der Waals surface area contributed by atoms with E-state index >= 15 is 0 Å². The summed E-state index contributed by atoms with van der Waals surface area (Å²) in [6.07, 6.45) is 8.47. The van der Waals surface area contributed by atoms with Gasteiger partial charge in [-0.3, -0.25) is 4.98 Å². The molecule has 0 saturated carbocycles. The molecular weight excluding hydrogens is 150 g/mol. The van der Waals surface area contributed by atoms with E-state index in [4.69, 9.17) is 12.2 Å². The van der Waals surface area contributed by atoms with Crippen LogP contribution in [0.2, 0.25) is 0 Å². The van der Waals surface area contributed by atoms with Crippen LogP contribution in [-0.4, -0.2) is 11.5 Å². The average Bonchev–Trinajstić information content (AvgIpc) is 2.09. The highest BCUT2D eigenvalue weighted by molar-refractivity contribution is 5.72. The van der Waals surface area contributed by atoms with Crippen LogP contribution in [0.15, 0.2) is 12.4 Å². The standard InChI is InChI=1S/C9H11N3/c1-3-7-5-11-6-8(10)9(7)12-4-2/h1,5-6H,4,10H2,2H3,(H,11,12). The molecule has 1 heterocycles. The van der Waals surface area contributed by atoms with Gasteiger partial charge in [-0.25, -0.2) is 0 Å². The number of hydrogen-bond acceptors (Lipinski definition) is 3. The summed E-state index contributed by atoms with van der Waals surface area (Å²) in [7, 11) is 0. The van der Waals surface area contributed by atoms with Gasteiger partial charge in [-0.05, 0) is 6.92 Å². The minimum Gasteiger partial charge on any atom is -0.396 e. The van der Waals surface area contributed by atoms with E-state index in [0.29, 0.717) is 11.3 Å². The van der Waals surface area contributed by atoms with Gasteiger partial charge in [-0.2, -0.15) is 0 Å². The predicted molar refractivity (Wildman–Crippen MR) is 50.7 cm³/mol. The summed E-state index contributed by atoms with van der Waals surface area (Å²) in [5, 5.41) is 3.09. The van der Waals surface area contributed by atoms with E-state index in [1.165, 1.54) is 0 Å². The molecule has 1 aromatic heterocycles. The number of hydrogen-bond donors (Lipinski definition) is 2. The van der Waals surface area contributed by atoms with Crippen LogP contribution in [0.4, 0.5) is 11.4 Å². The van der Waals surface area contributed by atoms with Gasteiger partial charge in [0.15, 0.2) is 0 Å². The number of rotatable bonds is 2. The fourth-order valence-corrected chi connectivity index (χ4v) is 0.960. The molecular formula is C9H11N3. The maximum absolute atomic E-state index is 5.66. The first-order valence-electron chi connectivity index (χ1n) is 3.73. The molecule has 3 N–H and O–H groups in total. The van der Waals surface area contributed by atoms with E-state index in [1.54, 1.807) is 12.4 Å². The molecule has 1 aromatic rings. The Morgan fingerprint density at radius 3 is 3.00 bits per heavy atom. The van der Waals surface area contributed by atoms with Gasteiger partial charge in [0.05, 0.1) is 23.1 Å². The van der Waals surface area contributed by atoms with Crippen molar-refractivity contribution in [3.8, 4) is 12.3 Å². The van der Waals surface area contributed by atoms with Crippen molar-refractivity contribution in [3.63, 3.8) is 0 Å². The van der Waals surface area contributed by atoms with Crippen LogP contribution in [0.5, 0.6) is 0 Å². The van der Waals surface area contributed by atoms with Gasteiger partial charge >= 0.3 is 0 Å². The van der Waals surface area contributed by atoms with Crippen LogP contribution in [0.1, 0.15) is 12.5 Å². The van der Waals surface area contributed by atoms with Crippen molar-refractivity contribution < 1.29 is 0 Å². The molecule has 0 aliphatic carbocycles. The number of nitrogens with one attached hydrogen (secondary N) is 1. The van der Waals surface area contributed by atoms with Crippen molar-refractivity contribution in [2.24, 2.45) is 0 Å². The molecule has 0 amide bonds. The Kier molecular flexibility index (Phi) is 2.54. The summed E-state index contributed by atoms with van der Waals surface area (Å²) >= 11 is 0. The SMILES string of the molecule is C#Cc1cncc(N)c1NCC. The van der Waals surface area contributed by atoms with Gasteiger partial charge in [-0.1, -0.05) is 5.92 Å². The van der Waals surface area contributed by atoms with Gasteiger partial charge in [0.25, 0.3) is 0 Å². The molecule has 0 bridgehead atoms. The first-order valence-corrected chi connectivity index (χ1v) is 3.73. The Labute approximate surface area is 72.0 Å². The molecule has 0 atom stereocenters. The summed E-state index contributed by atoms with van der Waals surface area (Å²) in [5.74, 6) is 2.52. The normalized spacial score (nSPS) is 9.00. The molecule has 0 aromatic carbocycles. The molecule has 0 radical (unpaired) electrons. The zero-order valence-electron chi connectivity index (χ0n) is 6.96. The van der Waals surface area contributed by atoms with Crippen molar-refractivity contribution in [1.82, 2.24) is 4.98 Å². The number of nitrogen functional groups attached to an aromatic ring is 1. The molecule has 3 heteroatoms. The first-order chi connectivity index (χ1) is 5.79. The predicted octanol–water partition coefficient (Wildman–Crippen LogP) is 1.08. The van der Waals surface area contributed by atoms with Crippen LogP contribution < -0.4 is 11.1 Å². The van der Waals surface area contributed by atoms with E-state index < -0.39 is 0 Å². The van der Waals surface area contributed by atoms with E-state index in [2.05, 4.69) is 16.2 Å². The lowest BCUT2D eigenvalue weighted by atomic mass is 10.2. The maximum atomic E-state index is 5.66. The topological polar surface area (TPSA) is 50.9 Å². The maximum Gasteiger partial charge on any atom is 0.0764 e. The molecule has 1 rings (SSSR count). The van der Waals surface area contributed by atoms with Gasteiger partial charge < -0.3 is 11.1 Å². The average molecular weight is 161 g/mol. The second-order valence-corrected chi connectivity index (χ2v) is 2.33. The minimum atomic E-state index is 0.590. The molecule has 12 heavy (non-hydrogen) atoms.